The maximum Gasteiger partial charge on any atom is 0.117 e. The minimum atomic E-state index is 0.0772. The molecule has 0 atom stereocenters. The van der Waals surface area contributed by atoms with Gasteiger partial charge in [-0.1, -0.05) is 6.07 Å². The fourth-order valence-corrected chi connectivity index (χ4v) is 1.09. The average Bonchev–Trinajstić information content (AvgIpc) is 2.01. The lowest BCUT2D eigenvalue weighted by molar-refractivity contribution is 0.474. The Morgan fingerprint density at radius 3 is 2.31 bits per heavy atom. The van der Waals surface area contributed by atoms with E-state index in [0.29, 0.717) is 5.75 Å². The lowest BCUT2D eigenvalue weighted by Gasteiger charge is -2.34. The van der Waals surface area contributed by atoms with Crippen LogP contribution in [0.15, 0.2) is 24.3 Å². The van der Waals surface area contributed by atoms with Crippen LogP contribution in [0.25, 0.3) is 0 Å². The Morgan fingerprint density at radius 2 is 1.85 bits per heavy atom. The summed E-state index contributed by atoms with van der Waals surface area (Å²) >= 11 is 0. The molecule has 0 spiro atoms. The normalized spacial score (nSPS) is 11.4. The van der Waals surface area contributed by atoms with Crippen molar-refractivity contribution in [1.82, 2.24) is 0 Å². The van der Waals surface area contributed by atoms with Crippen LogP contribution >= 0.6 is 0 Å². The zero-order chi connectivity index (χ0) is 10.1. The highest BCUT2D eigenvalue weighted by atomic mass is 16.3. The average molecular weight is 179 g/mol. The van der Waals surface area contributed by atoms with Crippen molar-refractivity contribution in [2.75, 3.05) is 11.9 Å². The summed E-state index contributed by atoms with van der Waals surface area (Å²) in [7, 11) is 2.02. The Balaban J connectivity index is 2.96. The van der Waals surface area contributed by atoms with Crippen molar-refractivity contribution >= 4 is 5.69 Å². The summed E-state index contributed by atoms with van der Waals surface area (Å²) in [6.07, 6.45) is 0. The molecule has 0 unspecified atom stereocenters. The van der Waals surface area contributed by atoms with E-state index in [2.05, 4.69) is 25.7 Å². The van der Waals surface area contributed by atoms with Gasteiger partial charge in [-0.2, -0.15) is 0 Å². The van der Waals surface area contributed by atoms with Crippen molar-refractivity contribution in [2.45, 2.75) is 26.3 Å². The molecular formula is C11H17NO. The lowest BCUT2D eigenvalue weighted by atomic mass is 10.1. The maximum atomic E-state index is 9.30. The van der Waals surface area contributed by atoms with Crippen LogP contribution < -0.4 is 4.90 Å². The summed E-state index contributed by atoms with van der Waals surface area (Å²) in [5.41, 5.74) is 1.11. The van der Waals surface area contributed by atoms with E-state index in [1.165, 1.54) is 0 Å². The van der Waals surface area contributed by atoms with E-state index >= 15 is 0 Å². The van der Waals surface area contributed by atoms with Gasteiger partial charge in [0.15, 0.2) is 0 Å². The van der Waals surface area contributed by atoms with E-state index in [9.17, 15) is 5.11 Å². The Labute approximate surface area is 79.8 Å². The smallest absolute Gasteiger partial charge is 0.117 e. The van der Waals surface area contributed by atoms with Gasteiger partial charge in [-0.15, -0.1) is 0 Å². The number of aromatic hydroxyl groups is 1. The number of anilines is 1. The maximum absolute atomic E-state index is 9.30. The van der Waals surface area contributed by atoms with E-state index in [-0.39, 0.29) is 5.54 Å². The summed E-state index contributed by atoms with van der Waals surface area (Å²) in [6, 6.07) is 7.29. The number of phenolic OH excluding ortho intramolecular Hbond substituents is 1. The van der Waals surface area contributed by atoms with Crippen LogP contribution in [0.5, 0.6) is 5.75 Å². The van der Waals surface area contributed by atoms with Crippen LogP contribution in [0, 0.1) is 0 Å². The standard InChI is InChI=1S/C11H17NO/c1-11(2,3)12(4)9-6-5-7-10(13)8-9/h5-8,13H,1-4H3. The summed E-state index contributed by atoms with van der Waals surface area (Å²) in [6.45, 7) is 6.41. The van der Waals surface area contributed by atoms with Gasteiger partial charge in [0.05, 0.1) is 0 Å². The SMILES string of the molecule is CN(c1cccc(O)c1)C(C)(C)C. The first-order valence-corrected chi connectivity index (χ1v) is 4.44. The topological polar surface area (TPSA) is 23.5 Å². The zero-order valence-electron chi connectivity index (χ0n) is 8.70. The molecule has 0 bridgehead atoms. The van der Waals surface area contributed by atoms with Crippen LogP contribution in [-0.2, 0) is 0 Å². The second-order valence-corrected chi connectivity index (χ2v) is 4.25. The molecule has 2 heteroatoms. The molecule has 0 aliphatic heterocycles. The van der Waals surface area contributed by atoms with Gasteiger partial charge in [-0.25, -0.2) is 0 Å². The molecule has 0 aliphatic rings. The van der Waals surface area contributed by atoms with Crippen molar-refractivity contribution in [3.05, 3.63) is 24.3 Å². The van der Waals surface area contributed by atoms with Gasteiger partial charge in [0.2, 0.25) is 0 Å². The molecule has 0 radical (unpaired) electrons. The number of nitrogens with zero attached hydrogens (tertiary/aromatic N) is 1. The number of benzene rings is 1. The van der Waals surface area contributed by atoms with Crippen LogP contribution in [0.4, 0.5) is 5.69 Å². The predicted molar refractivity (Wildman–Crippen MR) is 56.3 cm³/mol. The third kappa shape index (κ3) is 2.38. The van der Waals surface area contributed by atoms with Crippen molar-refractivity contribution < 1.29 is 5.11 Å². The first-order valence-electron chi connectivity index (χ1n) is 4.44. The monoisotopic (exact) mass is 179 g/mol. The van der Waals surface area contributed by atoms with E-state index in [1.54, 1.807) is 12.1 Å². The molecule has 1 aromatic rings. The second kappa shape index (κ2) is 3.29. The van der Waals surface area contributed by atoms with Gasteiger partial charge in [-0.05, 0) is 32.9 Å². The van der Waals surface area contributed by atoms with Crippen molar-refractivity contribution in [1.29, 1.82) is 0 Å². The Morgan fingerprint density at radius 1 is 1.23 bits per heavy atom. The molecule has 0 heterocycles. The van der Waals surface area contributed by atoms with E-state index in [1.807, 2.05) is 19.2 Å². The Kier molecular flexibility index (Phi) is 2.50. The van der Waals surface area contributed by atoms with Crippen molar-refractivity contribution in [3.63, 3.8) is 0 Å². The zero-order valence-corrected chi connectivity index (χ0v) is 8.70. The second-order valence-electron chi connectivity index (χ2n) is 4.25. The number of rotatable bonds is 1. The first kappa shape index (κ1) is 9.90. The van der Waals surface area contributed by atoms with Crippen LogP contribution in [0.3, 0.4) is 0 Å². The van der Waals surface area contributed by atoms with Crippen LogP contribution in [-0.4, -0.2) is 17.7 Å². The molecule has 0 aliphatic carbocycles. The third-order valence-electron chi connectivity index (χ3n) is 2.22. The first-order chi connectivity index (χ1) is 5.91. The largest absolute Gasteiger partial charge is 0.508 e. The van der Waals surface area contributed by atoms with E-state index in [0.717, 1.165) is 5.69 Å². The van der Waals surface area contributed by atoms with Gasteiger partial charge in [0.1, 0.15) is 5.75 Å². The predicted octanol–water partition coefficient (Wildman–Crippen LogP) is 2.63. The van der Waals surface area contributed by atoms with Crippen LogP contribution in [0.1, 0.15) is 20.8 Å². The highest BCUT2D eigenvalue weighted by molar-refractivity contribution is 5.51. The fourth-order valence-electron chi connectivity index (χ4n) is 1.09. The van der Waals surface area contributed by atoms with Crippen LogP contribution in [0.2, 0.25) is 0 Å². The van der Waals surface area contributed by atoms with Gasteiger partial charge in [0.25, 0.3) is 0 Å². The summed E-state index contributed by atoms with van der Waals surface area (Å²) in [4.78, 5) is 2.13. The van der Waals surface area contributed by atoms with Gasteiger partial charge < -0.3 is 10.0 Å². The molecule has 2 nitrogen and oxygen atoms in total. The van der Waals surface area contributed by atoms with E-state index in [4.69, 9.17) is 0 Å². The van der Waals surface area contributed by atoms with Gasteiger partial charge >= 0.3 is 0 Å². The molecule has 1 N–H and O–H groups in total. The minimum absolute atomic E-state index is 0.0772. The minimum Gasteiger partial charge on any atom is -0.508 e. The molecule has 0 aromatic heterocycles. The lowest BCUT2D eigenvalue weighted by Crippen LogP contribution is -2.37. The molecular weight excluding hydrogens is 162 g/mol. The molecule has 0 amide bonds. The molecule has 0 fully saturated rings. The quantitative estimate of drug-likeness (QED) is 0.716. The number of hydrogen-bond donors (Lipinski definition) is 1. The molecule has 1 rings (SSSR count). The highest BCUT2D eigenvalue weighted by Crippen LogP contribution is 2.24. The molecule has 0 saturated heterocycles. The van der Waals surface area contributed by atoms with Gasteiger partial charge in [0, 0.05) is 24.3 Å². The van der Waals surface area contributed by atoms with Gasteiger partial charge in [-0.3, -0.25) is 0 Å². The van der Waals surface area contributed by atoms with E-state index < -0.39 is 0 Å². The Hall–Kier alpha value is -1.18. The van der Waals surface area contributed by atoms with Crippen molar-refractivity contribution in [2.24, 2.45) is 0 Å². The highest BCUT2D eigenvalue weighted by Gasteiger charge is 2.17. The Bertz CT molecular complexity index is 288. The summed E-state index contributed by atoms with van der Waals surface area (Å²) < 4.78 is 0. The molecule has 13 heavy (non-hydrogen) atoms. The third-order valence-corrected chi connectivity index (χ3v) is 2.22. The molecule has 72 valence electrons. The molecule has 1 aromatic carbocycles. The number of hydrogen-bond acceptors (Lipinski definition) is 2. The molecule has 0 saturated carbocycles. The number of phenols is 1. The summed E-state index contributed by atoms with van der Waals surface area (Å²) in [5.74, 6) is 0.314. The van der Waals surface area contributed by atoms with Crippen molar-refractivity contribution in [3.8, 4) is 5.75 Å². The summed E-state index contributed by atoms with van der Waals surface area (Å²) in [5, 5.41) is 9.30. The fraction of sp³-hybridized carbons (Fsp3) is 0.455.